The molecule has 0 bridgehead atoms. The Labute approximate surface area is 76.2 Å². The van der Waals surface area contributed by atoms with Crippen LogP contribution in [0.15, 0.2) is 34.9 Å². The lowest BCUT2D eigenvalue weighted by atomic mass is 10.1. The summed E-state index contributed by atoms with van der Waals surface area (Å²) in [4.78, 5) is 3.85. The summed E-state index contributed by atoms with van der Waals surface area (Å²) in [5.41, 5.74) is 7.57. The summed E-state index contributed by atoms with van der Waals surface area (Å²) in [5, 5.41) is 0. The van der Waals surface area contributed by atoms with Gasteiger partial charge in [0.2, 0.25) is 0 Å². The number of rotatable bonds is 1. The van der Waals surface area contributed by atoms with E-state index in [4.69, 9.17) is 10.2 Å². The fraction of sp³-hybridized carbons (Fsp3) is 0.100. The Bertz CT molecular complexity index is 420. The summed E-state index contributed by atoms with van der Waals surface area (Å²) in [6.45, 7) is 2.02. The summed E-state index contributed by atoms with van der Waals surface area (Å²) in [6.07, 6.45) is 1.64. The molecule has 0 spiro atoms. The van der Waals surface area contributed by atoms with Crippen LogP contribution < -0.4 is 5.73 Å². The number of aryl methyl sites for hydroxylation is 1. The zero-order valence-electron chi connectivity index (χ0n) is 7.32. The normalized spacial score (nSPS) is 10.2. The molecule has 2 rings (SSSR count). The van der Waals surface area contributed by atoms with Crippen molar-refractivity contribution in [3.05, 3.63) is 36.0 Å². The van der Waals surface area contributed by atoms with Crippen LogP contribution in [0.2, 0.25) is 0 Å². The van der Waals surface area contributed by atoms with E-state index in [1.165, 1.54) is 0 Å². The average molecular weight is 174 g/mol. The van der Waals surface area contributed by atoms with Crippen molar-refractivity contribution in [2.45, 2.75) is 6.92 Å². The molecule has 1 heterocycles. The minimum absolute atomic E-state index is 0.207. The molecular formula is C10H10N2O. The molecule has 0 atom stereocenters. The van der Waals surface area contributed by atoms with Crippen LogP contribution in [0.1, 0.15) is 5.56 Å². The van der Waals surface area contributed by atoms with Gasteiger partial charge in [-0.25, -0.2) is 4.98 Å². The van der Waals surface area contributed by atoms with Gasteiger partial charge in [0, 0.05) is 5.56 Å². The highest BCUT2D eigenvalue weighted by Gasteiger charge is 2.05. The molecule has 2 N–H and O–H groups in total. The van der Waals surface area contributed by atoms with Crippen molar-refractivity contribution in [2.24, 2.45) is 0 Å². The molecule has 0 unspecified atom stereocenters. The Morgan fingerprint density at radius 1 is 1.31 bits per heavy atom. The second kappa shape index (κ2) is 2.94. The number of anilines is 1. The SMILES string of the molecule is Cc1ccccc1-c1cnc(N)o1. The van der Waals surface area contributed by atoms with Crippen molar-refractivity contribution in [1.29, 1.82) is 0 Å². The van der Waals surface area contributed by atoms with Crippen LogP contribution in [0, 0.1) is 6.92 Å². The zero-order valence-corrected chi connectivity index (χ0v) is 7.32. The summed E-state index contributed by atoms with van der Waals surface area (Å²) in [7, 11) is 0. The average Bonchev–Trinajstić information content (AvgIpc) is 2.53. The first kappa shape index (κ1) is 7.86. The highest BCUT2D eigenvalue weighted by atomic mass is 16.4. The van der Waals surface area contributed by atoms with Crippen molar-refractivity contribution in [2.75, 3.05) is 5.73 Å². The number of hydrogen-bond acceptors (Lipinski definition) is 3. The molecule has 0 aliphatic rings. The van der Waals surface area contributed by atoms with Crippen LogP contribution in [0.25, 0.3) is 11.3 Å². The van der Waals surface area contributed by atoms with Gasteiger partial charge >= 0.3 is 0 Å². The number of nitrogens with zero attached hydrogens (tertiary/aromatic N) is 1. The number of oxazole rings is 1. The molecule has 1 aromatic carbocycles. The molecule has 0 amide bonds. The fourth-order valence-electron chi connectivity index (χ4n) is 1.26. The van der Waals surface area contributed by atoms with E-state index in [-0.39, 0.29) is 6.01 Å². The molecule has 3 heteroatoms. The van der Waals surface area contributed by atoms with E-state index in [2.05, 4.69) is 4.98 Å². The van der Waals surface area contributed by atoms with Crippen molar-refractivity contribution in [3.8, 4) is 11.3 Å². The third-order valence-electron chi connectivity index (χ3n) is 1.93. The summed E-state index contributed by atoms with van der Waals surface area (Å²) < 4.78 is 5.22. The van der Waals surface area contributed by atoms with E-state index >= 15 is 0 Å². The molecule has 0 saturated heterocycles. The molecule has 66 valence electrons. The summed E-state index contributed by atoms with van der Waals surface area (Å²) >= 11 is 0. The van der Waals surface area contributed by atoms with Crippen molar-refractivity contribution in [1.82, 2.24) is 4.98 Å². The number of hydrogen-bond donors (Lipinski definition) is 1. The molecule has 0 radical (unpaired) electrons. The van der Waals surface area contributed by atoms with E-state index < -0.39 is 0 Å². The Morgan fingerprint density at radius 3 is 2.69 bits per heavy atom. The lowest BCUT2D eigenvalue weighted by Crippen LogP contribution is -1.80. The second-order valence-electron chi connectivity index (χ2n) is 2.88. The minimum Gasteiger partial charge on any atom is -0.424 e. The monoisotopic (exact) mass is 174 g/mol. The summed E-state index contributed by atoms with van der Waals surface area (Å²) in [6, 6.07) is 8.15. The van der Waals surface area contributed by atoms with Gasteiger partial charge in [-0.2, -0.15) is 0 Å². The van der Waals surface area contributed by atoms with Crippen molar-refractivity contribution in [3.63, 3.8) is 0 Å². The largest absolute Gasteiger partial charge is 0.424 e. The Morgan fingerprint density at radius 2 is 2.08 bits per heavy atom. The van der Waals surface area contributed by atoms with E-state index in [1.54, 1.807) is 6.20 Å². The van der Waals surface area contributed by atoms with Crippen LogP contribution in [0.4, 0.5) is 6.01 Å². The maximum absolute atomic E-state index is 5.39. The van der Waals surface area contributed by atoms with Crippen LogP contribution in [0.5, 0.6) is 0 Å². The van der Waals surface area contributed by atoms with Crippen LogP contribution in [-0.2, 0) is 0 Å². The lowest BCUT2D eigenvalue weighted by Gasteiger charge is -1.99. The number of benzene rings is 1. The molecule has 0 aliphatic heterocycles. The van der Waals surface area contributed by atoms with Crippen molar-refractivity contribution < 1.29 is 4.42 Å². The molecule has 1 aromatic heterocycles. The molecule has 0 aliphatic carbocycles. The van der Waals surface area contributed by atoms with Gasteiger partial charge in [0.05, 0.1) is 6.20 Å². The minimum atomic E-state index is 0.207. The highest BCUT2D eigenvalue weighted by molar-refractivity contribution is 5.61. The van der Waals surface area contributed by atoms with Crippen LogP contribution in [0.3, 0.4) is 0 Å². The number of nitrogen functional groups attached to an aromatic ring is 1. The third-order valence-corrected chi connectivity index (χ3v) is 1.93. The standard InChI is InChI=1S/C10H10N2O/c1-7-4-2-3-5-8(7)9-6-12-10(11)13-9/h2-6H,1H3,(H2,11,12). The molecular weight excluding hydrogens is 164 g/mol. The Kier molecular flexibility index (Phi) is 1.77. The van der Waals surface area contributed by atoms with Gasteiger partial charge in [-0.15, -0.1) is 0 Å². The molecule has 13 heavy (non-hydrogen) atoms. The predicted molar refractivity (Wildman–Crippen MR) is 51.1 cm³/mol. The van der Waals surface area contributed by atoms with Crippen molar-refractivity contribution >= 4 is 6.01 Å². The van der Waals surface area contributed by atoms with Gasteiger partial charge < -0.3 is 10.2 Å². The molecule has 0 saturated carbocycles. The zero-order chi connectivity index (χ0) is 9.26. The molecule has 0 fully saturated rings. The van der Waals surface area contributed by atoms with Gasteiger partial charge in [-0.3, -0.25) is 0 Å². The van der Waals surface area contributed by atoms with E-state index in [0.717, 1.165) is 16.9 Å². The number of aromatic nitrogens is 1. The van der Waals surface area contributed by atoms with Gasteiger partial charge in [0.25, 0.3) is 6.01 Å². The first-order chi connectivity index (χ1) is 6.27. The fourth-order valence-corrected chi connectivity index (χ4v) is 1.26. The molecule has 3 nitrogen and oxygen atoms in total. The Balaban J connectivity index is 2.52. The lowest BCUT2D eigenvalue weighted by molar-refractivity contribution is 0.594. The van der Waals surface area contributed by atoms with E-state index in [0.29, 0.717) is 0 Å². The third kappa shape index (κ3) is 1.40. The van der Waals surface area contributed by atoms with Gasteiger partial charge in [-0.05, 0) is 12.5 Å². The number of nitrogens with two attached hydrogens (primary N) is 1. The van der Waals surface area contributed by atoms with Gasteiger partial charge in [0.1, 0.15) is 0 Å². The first-order valence-electron chi connectivity index (χ1n) is 4.04. The first-order valence-corrected chi connectivity index (χ1v) is 4.04. The second-order valence-corrected chi connectivity index (χ2v) is 2.88. The maximum Gasteiger partial charge on any atom is 0.292 e. The topological polar surface area (TPSA) is 52.0 Å². The van der Waals surface area contributed by atoms with E-state index in [9.17, 15) is 0 Å². The van der Waals surface area contributed by atoms with Gasteiger partial charge in [-0.1, -0.05) is 24.3 Å². The predicted octanol–water partition coefficient (Wildman–Crippen LogP) is 2.23. The van der Waals surface area contributed by atoms with Crippen LogP contribution in [-0.4, -0.2) is 4.98 Å². The van der Waals surface area contributed by atoms with Gasteiger partial charge in [0.15, 0.2) is 5.76 Å². The maximum atomic E-state index is 5.39. The summed E-state index contributed by atoms with van der Waals surface area (Å²) in [5.74, 6) is 0.718. The quantitative estimate of drug-likeness (QED) is 0.721. The molecule has 2 aromatic rings. The Hall–Kier alpha value is -1.77. The highest BCUT2D eigenvalue weighted by Crippen LogP contribution is 2.23. The van der Waals surface area contributed by atoms with E-state index in [1.807, 2.05) is 31.2 Å². The smallest absolute Gasteiger partial charge is 0.292 e. The van der Waals surface area contributed by atoms with Crippen LogP contribution >= 0.6 is 0 Å².